The summed E-state index contributed by atoms with van der Waals surface area (Å²) >= 11 is 1.65. The van der Waals surface area contributed by atoms with Crippen LogP contribution in [0.15, 0.2) is 29.2 Å². The van der Waals surface area contributed by atoms with Crippen molar-refractivity contribution in [3.05, 3.63) is 29.8 Å². The average molecular weight is 281 g/mol. The van der Waals surface area contributed by atoms with E-state index in [1.807, 2.05) is 19.1 Å². The predicted octanol–water partition coefficient (Wildman–Crippen LogP) is 1.04. The van der Waals surface area contributed by atoms with Gasteiger partial charge in [-0.25, -0.2) is 0 Å². The number of aliphatic hydroxyl groups excluding tert-OH is 2. The molecule has 1 fully saturated rings. The molecule has 0 bridgehead atoms. The molecule has 4 nitrogen and oxygen atoms in total. The van der Waals surface area contributed by atoms with Crippen LogP contribution in [-0.2, 0) is 4.79 Å². The van der Waals surface area contributed by atoms with Gasteiger partial charge in [0.2, 0.25) is 5.91 Å². The minimum Gasteiger partial charge on any atom is -0.388 e. The van der Waals surface area contributed by atoms with Crippen LogP contribution in [0, 0.1) is 6.92 Å². The lowest BCUT2D eigenvalue weighted by Gasteiger charge is -2.14. The molecule has 1 saturated heterocycles. The molecule has 0 aliphatic carbocycles. The molecule has 1 amide bonds. The second-order valence-electron chi connectivity index (χ2n) is 4.84. The van der Waals surface area contributed by atoms with Gasteiger partial charge in [-0.2, -0.15) is 0 Å². The van der Waals surface area contributed by atoms with Gasteiger partial charge in [-0.05, 0) is 19.1 Å². The molecule has 2 N–H and O–H groups in total. The van der Waals surface area contributed by atoms with Crippen molar-refractivity contribution in [1.82, 2.24) is 4.90 Å². The van der Waals surface area contributed by atoms with E-state index in [1.54, 1.807) is 11.8 Å². The Kier molecular flexibility index (Phi) is 4.85. The zero-order valence-corrected chi connectivity index (χ0v) is 11.8. The van der Waals surface area contributed by atoms with Crippen molar-refractivity contribution in [3.8, 4) is 0 Å². The minimum atomic E-state index is -0.797. The summed E-state index contributed by atoms with van der Waals surface area (Å²) in [4.78, 5) is 14.6. The molecular weight excluding hydrogens is 262 g/mol. The fraction of sp³-hybridized carbons (Fsp3) is 0.500. The van der Waals surface area contributed by atoms with Crippen LogP contribution in [-0.4, -0.2) is 52.1 Å². The standard InChI is InChI=1S/C14H19NO3S/c1-10-2-4-11(5-3-10)19-7-6-14(18)15-8-12(16)13(17)9-15/h2-5,12-13,16-17H,6-9H2,1H3. The first-order valence-electron chi connectivity index (χ1n) is 6.39. The Morgan fingerprint density at radius 2 is 1.84 bits per heavy atom. The molecule has 1 aromatic carbocycles. The van der Waals surface area contributed by atoms with Crippen LogP contribution < -0.4 is 0 Å². The van der Waals surface area contributed by atoms with Gasteiger partial charge in [-0.3, -0.25) is 4.79 Å². The third-order valence-electron chi connectivity index (χ3n) is 3.22. The summed E-state index contributed by atoms with van der Waals surface area (Å²) in [6, 6.07) is 8.20. The van der Waals surface area contributed by atoms with Gasteiger partial charge in [0.15, 0.2) is 0 Å². The van der Waals surface area contributed by atoms with Gasteiger partial charge in [0, 0.05) is 30.2 Å². The Balaban J connectivity index is 1.74. The molecule has 2 rings (SSSR count). The van der Waals surface area contributed by atoms with Gasteiger partial charge < -0.3 is 15.1 Å². The monoisotopic (exact) mass is 281 g/mol. The second kappa shape index (κ2) is 6.41. The molecule has 2 atom stereocenters. The Morgan fingerprint density at radius 3 is 2.42 bits per heavy atom. The number of hydrogen-bond acceptors (Lipinski definition) is 4. The molecule has 104 valence electrons. The minimum absolute atomic E-state index is 0.00443. The number of benzene rings is 1. The summed E-state index contributed by atoms with van der Waals surface area (Å²) in [5.41, 5.74) is 1.22. The van der Waals surface area contributed by atoms with Crippen LogP contribution >= 0.6 is 11.8 Å². The quantitative estimate of drug-likeness (QED) is 0.810. The largest absolute Gasteiger partial charge is 0.388 e. The van der Waals surface area contributed by atoms with E-state index in [0.29, 0.717) is 12.2 Å². The number of aliphatic hydroxyl groups is 2. The van der Waals surface area contributed by atoms with Crippen molar-refractivity contribution >= 4 is 17.7 Å². The number of carbonyl (C=O) groups is 1. The maximum atomic E-state index is 11.9. The van der Waals surface area contributed by atoms with Crippen LogP contribution in [0.5, 0.6) is 0 Å². The number of nitrogens with zero attached hydrogens (tertiary/aromatic N) is 1. The summed E-state index contributed by atoms with van der Waals surface area (Å²) in [6.45, 7) is 2.53. The van der Waals surface area contributed by atoms with E-state index < -0.39 is 12.2 Å². The summed E-state index contributed by atoms with van der Waals surface area (Å²) in [6.07, 6.45) is -1.17. The number of hydrogen-bond donors (Lipinski definition) is 2. The molecule has 0 aromatic heterocycles. The van der Waals surface area contributed by atoms with Gasteiger partial charge in [-0.1, -0.05) is 17.7 Å². The highest BCUT2D eigenvalue weighted by molar-refractivity contribution is 7.99. The van der Waals surface area contributed by atoms with E-state index in [1.165, 1.54) is 10.5 Å². The smallest absolute Gasteiger partial charge is 0.223 e. The number of likely N-dealkylation sites (tertiary alicyclic amines) is 1. The first-order chi connectivity index (χ1) is 9.06. The molecule has 19 heavy (non-hydrogen) atoms. The van der Waals surface area contributed by atoms with Crippen LogP contribution in [0.4, 0.5) is 0 Å². The van der Waals surface area contributed by atoms with Gasteiger partial charge in [-0.15, -0.1) is 11.8 Å². The Bertz CT molecular complexity index is 425. The van der Waals surface area contributed by atoms with Crippen LogP contribution in [0.3, 0.4) is 0 Å². The Hall–Kier alpha value is -1.04. The fourth-order valence-corrected chi connectivity index (χ4v) is 2.86. The van der Waals surface area contributed by atoms with Crippen LogP contribution in [0.2, 0.25) is 0 Å². The molecular formula is C14H19NO3S. The summed E-state index contributed by atoms with van der Waals surface area (Å²) in [7, 11) is 0. The molecule has 1 aromatic rings. The fourth-order valence-electron chi connectivity index (χ4n) is 2.02. The number of aryl methyl sites for hydroxylation is 1. The van der Waals surface area contributed by atoms with Crippen molar-refractivity contribution < 1.29 is 15.0 Å². The lowest BCUT2D eigenvalue weighted by atomic mass is 10.2. The molecule has 0 radical (unpaired) electrons. The van der Waals surface area contributed by atoms with Gasteiger partial charge in [0.05, 0.1) is 12.2 Å². The topological polar surface area (TPSA) is 60.8 Å². The lowest BCUT2D eigenvalue weighted by molar-refractivity contribution is -0.130. The second-order valence-corrected chi connectivity index (χ2v) is 6.01. The maximum absolute atomic E-state index is 11.9. The first-order valence-corrected chi connectivity index (χ1v) is 7.38. The van der Waals surface area contributed by atoms with E-state index in [4.69, 9.17) is 0 Å². The normalized spacial score (nSPS) is 22.8. The molecule has 1 aliphatic heterocycles. The van der Waals surface area contributed by atoms with Crippen LogP contribution in [0.1, 0.15) is 12.0 Å². The third-order valence-corrected chi connectivity index (χ3v) is 4.23. The maximum Gasteiger partial charge on any atom is 0.223 e. The van der Waals surface area contributed by atoms with Crippen molar-refractivity contribution in [2.75, 3.05) is 18.8 Å². The zero-order chi connectivity index (χ0) is 13.8. The van der Waals surface area contributed by atoms with Crippen LogP contribution in [0.25, 0.3) is 0 Å². The Morgan fingerprint density at radius 1 is 1.26 bits per heavy atom. The van der Waals surface area contributed by atoms with Crippen molar-refractivity contribution in [2.45, 2.75) is 30.4 Å². The highest BCUT2D eigenvalue weighted by Crippen LogP contribution is 2.20. The van der Waals surface area contributed by atoms with Gasteiger partial charge in [0.1, 0.15) is 0 Å². The first kappa shape index (κ1) is 14.4. The number of amides is 1. The SMILES string of the molecule is Cc1ccc(SCCC(=O)N2CC(O)C(O)C2)cc1. The lowest BCUT2D eigenvalue weighted by Crippen LogP contribution is -2.29. The predicted molar refractivity (Wildman–Crippen MR) is 75.1 cm³/mol. The van der Waals surface area contributed by atoms with Crippen molar-refractivity contribution in [2.24, 2.45) is 0 Å². The molecule has 0 spiro atoms. The highest BCUT2D eigenvalue weighted by atomic mass is 32.2. The van der Waals surface area contributed by atoms with Crippen molar-refractivity contribution in [3.63, 3.8) is 0 Å². The number of rotatable bonds is 4. The highest BCUT2D eigenvalue weighted by Gasteiger charge is 2.31. The summed E-state index contributed by atoms with van der Waals surface area (Å²) in [5, 5.41) is 18.8. The molecule has 1 aliphatic rings. The zero-order valence-electron chi connectivity index (χ0n) is 11.0. The van der Waals surface area contributed by atoms with Gasteiger partial charge in [0.25, 0.3) is 0 Å². The summed E-state index contributed by atoms with van der Waals surface area (Å²) < 4.78 is 0. The van der Waals surface area contributed by atoms with Crippen molar-refractivity contribution in [1.29, 1.82) is 0 Å². The van der Waals surface area contributed by atoms with E-state index in [9.17, 15) is 15.0 Å². The van der Waals surface area contributed by atoms with E-state index in [2.05, 4.69) is 12.1 Å². The number of β-amino-alcohol motifs (C(OH)–C–C–N with tert-alkyl or cyclic N) is 2. The molecule has 5 heteroatoms. The number of carbonyl (C=O) groups excluding carboxylic acids is 1. The average Bonchev–Trinajstić information content (AvgIpc) is 2.72. The van der Waals surface area contributed by atoms with Gasteiger partial charge >= 0.3 is 0 Å². The van der Waals surface area contributed by atoms with E-state index >= 15 is 0 Å². The summed E-state index contributed by atoms with van der Waals surface area (Å²) in [5.74, 6) is 0.708. The molecule has 2 unspecified atom stereocenters. The van der Waals surface area contributed by atoms with E-state index in [0.717, 1.165) is 4.90 Å². The molecule has 0 saturated carbocycles. The Labute approximate surface area is 117 Å². The molecule has 1 heterocycles. The third kappa shape index (κ3) is 3.96. The van der Waals surface area contributed by atoms with E-state index in [-0.39, 0.29) is 19.0 Å². The number of thioether (sulfide) groups is 1.